The molecule has 1 aliphatic heterocycles. The van der Waals surface area contributed by atoms with E-state index in [-0.39, 0.29) is 5.92 Å². The Morgan fingerprint density at radius 3 is 2.67 bits per heavy atom. The van der Waals surface area contributed by atoms with E-state index in [4.69, 9.17) is 0 Å². The summed E-state index contributed by atoms with van der Waals surface area (Å²) in [5.74, 6) is -2.69. The van der Waals surface area contributed by atoms with E-state index in [9.17, 15) is 8.78 Å². The van der Waals surface area contributed by atoms with Crippen LogP contribution in [0, 0.1) is 5.92 Å². The highest BCUT2D eigenvalue weighted by Crippen LogP contribution is 2.52. The highest BCUT2D eigenvalue weighted by molar-refractivity contribution is 5.12. The largest absolute Gasteiger partial charge is 0.308 e. The molecule has 0 amide bonds. The van der Waals surface area contributed by atoms with E-state index >= 15 is 0 Å². The van der Waals surface area contributed by atoms with Gasteiger partial charge in [0.2, 0.25) is 0 Å². The summed E-state index contributed by atoms with van der Waals surface area (Å²) < 4.78 is 24.9. The molecule has 1 saturated heterocycles. The van der Waals surface area contributed by atoms with Crippen LogP contribution in [0.4, 0.5) is 8.78 Å². The molecule has 0 bridgehead atoms. The smallest absolute Gasteiger partial charge is 0.268 e. The van der Waals surface area contributed by atoms with Gasteiger partial charge in [-0.3, -0.25) is 0 Å². The van der Waals surface area contributed by atoms with Crippen molar-refractivity contribution in [3.8, 4) is 0 Å². The van der Waals surface area contributed by atoms with Gasteiger partial charge in [-0.2, -0.15) is 0 Å². The molecular weight excluding hydrogens is 124 g/mol. The Labute approximate surface area is 52.4 Å². The molecule has 52 valence electrons. The summed E-state index contributed by atoms with van der Waals surface area (Å²) in [6, 6.07) is -0.466. The monoisotopic (exact) mass is 133 g/mol. The van der Waals surface area contributed by atoms with Crippen LogP contribution < -0.4 is 5.32 Å². The fourth-order valence-electron chi connectivity index (χ4n) is 1.61. The Kier molecular flexibility index (Phi) is 0.903. The Morgan fingerprint density at radius 2 is 2.22 bits per heavy atom. The molecule has 1 N–H and O–H groups in total. The molecule has 9 heavy (non-hydrogen) atoms. The fraction of sp³-hybridized carbons (Fsp3) is 1.00. The van der Waals surface area contributed by atoms with Crippen LogP contribution in [0.25, 0.3) is 0 Å². The van der Waals surface area contributed by atoms with Crippen molar-refractivity contribution in [2.24, 2.45) is 5.92 Å². The summed E-state index contributed by atoms with van der Waals surface area (Å²) in [4.78, 5) is 0. The molecule has 2 atom stereocenters. The van der Waals surface area contributed by atoms with Gasteiger partial charge in [-0.25, -0.2) is 8.78 Å². The number of piperidine rings is 1. The number of fused-ring (bicyclic) bond motifs is 1. The van der Waals surface area contributed by atoms with E-state index < -0.39 is 12.0 Å². The maximum atomic E-state index is 12.4. The first-order valence-corrected chi connectivity index (χ1v) is 3.34. The third-order valence-corrected chi connectivity index (χ3v) is 2.26. The lowest BCUT2D eigenvalue weighted by molar-refractivity contribution is 0.0920. The molecule has 1 heterocycles. The van der Waals surface area contributed by atoms with Crippen LogP contribution in [0.1, 0.15) is 12.8 Å². The van der Waals surface area contributed by atoms with Gasteiger partial charge < -0.3 is 5.32 Å². The third kappa shape index (κ3) is 0.611. The summed E-state index contributed by atoms with van der Waals surface area (Å²) in [6.45, 7) is 0.775. The van der Waals surface area contributed by atoms with Gasteiger partial charge >= 0.3 is 0 Å². The van der Waals surface area contributed by atoms with Crippen LogP contribution >= 0.6 is 0 Å². The van der Waals surface area contributed by atoms with Crippen LogP contribution in [-0.4, -0.2) is 18.5 Å². The highest BCUT2D eigenvalue weighted by Gasteiger charge is 2.68. The molecule has 0 aromatic heterocycles. The van der Waals surface area contributed by atoms with E-state index in [0.29, 0.717) is 6.42 Å². The number of hydrogen-bond donors (Lipinski definition) is 1. The van der Waals surface area contributed by atoms with Gasteiger partial charge in [-0.15, -0.1) is 0 Å². The number of nitrogens with one attached hydrogen (secondary N) is 1. The zero-order valence-electron chi connectivity index (χ0n) is 5.03. The summed E-state index contributed by atoms with van der Waals surface area (Å²) in [7, 11) is 0. The standard InChI is InChI=1S/C6H9F2N/c7-6(8)4-2-1-3-9-5(4)6/h4-5,9H,1-3H2. The Balaban J connectivity index is 2.06. The van der Waals surface area contributed by atoms with Crippen molar-refractivity contribution in [2.75, 3.05) is 6.54 Å². The van der Waals surface area contributed by atoms with Gasteiger partial charge in [0.25, 0.3) is 5.92 Å². The topological polar surface area (TPSA) is 12.0 Å². The van der Waals surface area contributed by atoms with E-state index in [0.717, 1.165) is 13.0 Å². The SMILES string of the molecule is FC1(F)C2CCCNC21. The van der Waals surface area contributed by atoms with Crippen molar-refractivity contribution in [3.63, 3.8) is 0 Å². The van der Waals surface area contributed by atoms with Crippen molar-refractivity contribution in [1.29, 1.82) is 0 Å². The highest BCUT2D eigenvalue weighted by atomic mass is 19.3. The second-order valence-corrected chi connectivity index (χ2v) is 2.86. The predicted molar refractivity (Wildman–Crippen MR) is 29.5 cm³/mol. The van der Waals surface area contributed by atoms with E-state index in [1.165, 1.54) is 0 Å². The average molecular weight is 133 g/mol. The zero-order chi connectivity index (χ0) is 6.48. The second-order valence-electron chi connectivity index (χ2n) is 2.86. The minimum Gasteiger partial charge on any atom is -0.308 e. The predicted octanol–water partition coefficient (Wildman–Crippen LogP) is 1.00. The van der Waals surface area contributed by atoms with Crippen molar-refractivity contribution >= 4 is 0 Å². The van der Waals surface area contributed by atoms with Crippen molar-refractivity contribution in [1.82, 2.24) is 5.32 Å². The Morgan fingerprint density at radius 1 is 1.44 bits per heavy atom. The molecule has 2 unspecified atom stereocenters. The molecule has 1 aliphatic carbocycles. The molecule has 2 fully saturated rings. The minimum atomic E-state index is -2.36. The molecule has 1 nitrogen and oxygen atoms in total. The van der Waals surface area contributed by atoms with Crippen molar-refractivity contribution in [2.45, 2.75) is 24.8 Å². The maximum absolute atomic E-state index is 12.4. The zero-order valence-corrected chi connectivity index (χ0v) is 5.03. The molecule has 0 aromatic rings. The molecule has 0 radical (unpaired) electrons. The molecule has 0 spiro atoms. The number of rotatable bonds is 0. The van der Waals surface area contributed by atoms with Crippen molar-refractivity contribution < 1.29 is 8.78 Å². The quantitative estimate of drug-likeness (QED) is 0.520. The van der Waals surface area contributed by atoms with E-state index in [2.05, 4.69) is 5.32 Å². The minimum absolute atomic E-state index is 0.328. The number of hydrogen-bond acceptors (Lipinski definition) is 1. The lowest BCUT2D eigenvalue weighted by Crippen LogP contribution is -2.25. The lowest BCUT2D eigenvalue weighted by Gasteiger charge is -2.05. The summed E-state index contributed by atoms with van der Waals surface area (Å²) >= 11 is 0. The second kappa shape index (κ2) is 1.45. The van der Waals surface area contributed by atoms with E-state index in [1.54, 1.807) is 0 Å². The molecular formula is C6H9F2N. The van der Waals surface area contributed by atoms with Gasteiger partial charge in [0.15, 0.2) is 0 Å². The lowest BCUT2D eigenvalue weighted by atomic mass is 10.2. The van der Waals surface area contributed by atoms with Crippen LogP contribution in [0.5, 0.6) is 0 Å². The van der Waals surface area contributed by atoms with Crippen LogP contribution in [0.2, 0.25) is 0 Å². The summed E-state index contributed by atoms with van der Waals surface area (Å²) in [5, 5.41) is 2.80. The van der Waals surface area contributed by atoms with Crippen LogP contribution in [-0.2, 0) is 0 Å². The number of alkyl halides is 2. The fourth-order valence-corrected chi connectivity index (χ4v) is 1.61. The molecule has 3 heteroatoms. The van der Waals surface area contributed by atoms with Gasteiger partial charge in [0.05, 0.1) is 6.04 Å². The Hall–Kier alpha value is -0.180. The molecule has 2 aliphatic rings. The molecule has 0 aromatic carbocycles. The van der Waals surface area contributed by atoms with Gasteiger partial charge in [-0.1, -0.05) is 0 Å². The first kappa shape index (κ1) is 5.59. The summed E-state index contributed by atoms with van der Waals surface area (Å²) in [5.41, 5.74) is 0. The van der Waals surface area contributed by atoms with Crippen molar-refractivity contribution in [3.05, 3.63) is 0 Å². The molecule has 1 saturated carbocycles. The maximum Gasteiger partial charge on any atom is 0.268 e. The van der Waals surface area contributed by atoms with Gasteiger partial charge in [0.1, 0.15) is 0 Å². The van der Waals surface area contributed by atoms with Gasteiger partial charge in [0, 0.05) is 5.92 Å². The first-order chi connectivity index (χ1) is 4.23. The van der Waals surface area contributed by atoms with Crippen LogP contribution in [0.3, 0.4) is 0 Å². The van der Waals surface area contributed by atoms with E-state index in [1.807, 2.05) is 0 Å². The van der Waals surface area contributed by atoms with Crippen LogP contribution in [0.15, 0.2) is 0 Å². The molecule has 2 rings (SSSR count). The average Bonchev–Trinajstić information content (AvgIpc) is 2.39. The number of halogens is 2. The van der Waals surface area contributed by atoms with Gasteiger partial charge in [-0.05, 0) is 19.4 Å². The summed E-state index contributed by atoms with van der Waals surface area (Å²) in [6.07, 6.45) is 1.63. The Bertz CT molecular complexity index is 121. The third-order valence-electron chi connectivity index (χ3n) is 2.26. The normalized spacial score (nSPS) is 46.0. The first-order valence-electron chi connectivity index (χ1n) is 3.34.